The Kier molecular flexibility index (Phi) is 4.77. The molecule has 30 heavy (non-hydrogen) atoms. The van der Waals surface area contributed by atoms with Gasteiger partial charge in [0.05, 0.1) is 17.4 Å². The second-order valence-corrected chi connectivity index (χ2v) is 8.13. The van der Waals surface area contributed by atoms with Crippen molar-refractivity contribution in [3.05, 3.63) is 60.7 Å². The number of benzene rings is 1. The standard InChI is InChI=1S/C19H16N8O2S/c1-12(25-18-14(9-20)17(21)23-11-24-18)19-26-15-7-8-22-10-16(15)30(28,29)27(19)13-5-3-2-4-6-13/h2-8,10-12H,1H3,(H3,21,23,24,25)/t12-/m0/s1. The second-order valence-electron chi connectivity index (χ2n) is 6.38. The van der Waals surface area contributed by atoms with Gasteiger partial charge in [0.1, 0.15) is 40.3 Å². The highest BCUT2D eigenvalue weighted by atomic mass is 32.2. The lowest BCUT2D eigenvalue weighted by Crippen LogP contribution is -2.47. The average molecular weight is 420 g/mol. The number of nitrogens with two attached hydrogens (primary N) is 1. The lowest BCUT2D eigenvalue weighted by atomic mass is 10.2. The Bertz CT molecular complexity index is 1290. The predicted molar refractivity (Wildman–Crippen MR) is 112 cm³/mol. The van der Waals surface area contributed by atoms with Gasteiger partial charge in [-0.3, -0.25) is 4.98 Å². The Balaban J connectivity index is 1.85. The molecule has 0 unspecified atom stereocenters. The number of nitrogen functional groups attached to an aromatic ring is 1. The van der Waals surface area contributed by atoms with Crippen molar-refractivity contribution in [3.8, 4) is 6.07 Å². The fourth-order valence-corrected chi connectivity index (χ4v) is 4.66. The summed E-state index contributed by atoms with van der Waals surface area (Å²) < 4.78 is 28.0. The van der Waals surface area contributed by atoms with Gasteiger partial charge in [0.2, 0.25) is 0 Å². The number of aliphatic imine (C=N–C) groups is 1. The smallest absolute Gasteiger partial charge is 0.273 e. The summed E-state index contributed by atoms with van der Waals surface area (Å²) in [5.41, 5.74) is 6.52. The molecule has 150 valence electrons. The maximum Gasteiger partial charge on any atom is 0.273 e. The topological polar surface area (TPSA) is 150 Å². The van der Waals surface area contributed by atoms with Gasteiger partial charge in [0, 0.05) is 12.4 Å². The Morgan fingerprint density at radius 2 is 1.97 bits per heavy atom. The number of rotatable bonds is 4. The number of pyridine rings is 1. The first kappa shape index (κ1) is 19.3. The highest BCUT2D eigenvalue weighted by Crippen LogP contribution is 2.35. The third-order valence-corrected chi connectivity index (χ3v) is 6.19. The monoisotopic (exact) mass is 420 g/mol. The number of fused-ring (bicyclic) bond motifs is 1. The summed E-state index contributed by atoms with van der Waals surface area (Å²) in [7, 11) is -3.97. The van der Waals surface area contributed by atoms with Crippen LogP contribution in [0.25, 0.3) is 0 Å². The summed E-state index contributed by atoms with van der Waals surface area (Å²) in [4.78, 5) is 16.4. The number of para-hydroxylation sites is 1. The van der Waals surface area contributed by atoms with E-state index in [1.165, 1.54) is 24.8 Å². The molecule has 0 fully saturated rings. The summed E-state index contributed by atoms with van der Waals surface area (Å²) in [6.07, 6.45) is 3.98. The largest absolute Gasteiger partial charge is 0.382 e. The summed E-state index contributed by atoms with van der Waals surface area (Å²) in [5, 5.41) is 12.4. The van der Waals surface area contributed by atoms with Crippen molar-refractivity contribution < 1.29 is 8.42 Å². The van der Waals surface area contributed by atoms with Gasteiger partial charge in [0.25, 0.3) is 10.0 Å². The van der Waals surface area contributed by atoms with E-state index in [9.17, 15) is 13.7 Å². The zero-order valence-electron chi connectivity index (χ0n) is 15.8. The van der Waals surface area contributed by atoms with E-state index in [2.05, 4.69) is 25.3 Å². The summed E-state index contributed by atoms with van der Waals surface area (Å²) in [6, 6.07) is 11.4. The molecular weight excluding hydrogens is 404 g/mol. The van der Waals surface area contributed by atoms with Gasteiger partial charge in [0.15, 0.2) is 0 Å². The molecule has 1 aliphatic rings. The van der Waals surface area contributed by atoms with E-state index in [1.54, 1.807) is 37.3 Å². The van der Waals surface area contributed by atoms with Crippen molar-refractivity contribution in [1.82, 2.24) is 15.0 Å². The Morgan fingerprint density at radius 3 is 2.70 bits per heavy atom. The van der Waals surface area contributed by atoms with E-state index in [0.29, 0.717) is 5.69 Å². The number of nitriles is 1. The van der Waals surface area contributed by atoms with Gasteiger partial charge in [-0.2, -0.15) is 5.26 Å². The lowest BCUT2D eigenvalue weighted by Gasteiger charge is -2.32. The Labute approximate surface area is 172 Å². The zero-order valence-corrected chi connectivity index (χ0v) is 16.6. The van der Waals surface area contributed by atoms with Gasteiger partial charge in [-0.05, 0) is 25.1 Å². The average Bonchev–Trinajstić information content (AvgIpc) is 2.74. The van der Waals surface area contributed by atoms with Crippen molar-refractivity contribution in [2.75, 3.05) is 15.4 Å². The number of hydrogen-bond acceptors (Lipinski definition) is 9. The van der Waals surface area contributed by atoms with Crippen LogP contribution in [0, 0.1) is 11.3 Å². The van der Waals surface area contributed by atoms with E-state index < -0.39 is 16.1 Å². The van der Waals surface area contributed by atoms with E-state index in [-0.39, 0.29) is 33.6 Å². The summed E-state index contributed by atoms with van der Waals surface area (Å²) in [6.45, 7) is 1.72. The number of anilines is 3. The van der Waals surface area contributed by atoms with Crippen LogP contribution in [-0.4, -0.2) is 35.2 Å². The number of sulfonamides is 1. The van der Waals surface area contributed by atoms with Crippen LogP contribution in [-0.2, 0) is 10.0 Å². The van der Waals surface area contributed by atoms with Crippen molar-refractivity contribution in [2.24, 2.45) is 4.99 Å². The van der Waals surface area contributed by atoms with Gasteiger partial charge in [-0.25, -0.2) is 27.7 Å². The molecule has 2 aromatic heterocycles. The van der Waals surface area contributed by atoms with E-state index in [4.69, 9.17) is 5.73 Å². The minimum Gasteiger partial charge on any atom is -0.382 e. The quantitative estimate of drug-likeness (QED) is 0.651. The number of aromatic nitrogens is 3. The maximum absolute atomic E-state index is 13.4. The summed E-state index contributed by atoms with van der Waals surface area (Å²) >= 11 is 0. The van der Waals surface area contributed by atoms with Crippen LogP contribution in [0.15, 0.2) is 65.0 Å². The number of nitrogens with zero attached hydrogens (tertiary/aromatic N) is 6. The second kappa shape index (κ2) is 7.41. The molecule has 0 bridgehead atoms. The SMILES string of the molecule is C[C@H](Nc1ncnc(N)c1C#N)C1=Nc2ccncc2S(=O)(=O)N1c1ccccc1. The van der Waals surface area contributed by atoms with Crippen molar-refractivity contribution in [2.45, 2.75) is 17.9 Å². The highest BCUT2D eigenvalue weighted by molar-refractivity contribution is 7.93. The molecule has 1 atom stereocenters. The van der Waals surface area contributed by atoms with Crippen LogP contribution in [0.1, 0.15) is 12.5 Å². The molecule has 1 aromatic carbocycles. The van der Waals surface area contributed by atoms with E-state index in [0.717, 1.165) is 4.31 Å². The molecule has 3 heterocycles. The molecule has 0 saturated carbocycles. The number of amidine groups is 1. The van der Waals surface area contributed by atoms with Crippen molar-refractivity contribution in [3.63, 3.8) is 0 Å². The number of hydrogen-bond donors (Lipinski definition) is 2. The summed E-state index contributed by atoms with van der Waals surface area (Å²) in [5.74, 6) is 0.420. The molecule has 10 nitrogen and oxygen atoms in total. The van der Waals surface area contributed by atoms with Crippen LogP contribution in [0.5, 0.6) is 0 Å². The van der Waals surface area contributed by atoms with Crippen molar-refractivity contribution in [1.29, 1.82) is 5.26 Å². The number of nitrogens with one attached hydrogen (secondary N) is 1. The molecular formula is C19H16N8O2S. The Morgan fingerprint density at radius 1 is 1.20 bits per heavy atom. The predicted octanol–water partition coefficient (Wildman–Crippen LogP) is 2.06. The van der Waals surface area contributed by atoms with Crippen LogP contribution in [0.4, 0.5) is 23.0 Å². The third kappa shape index (κ3) is 3.19. The van der Waals surface area contributed by atoms with Crippen molar-refractivity contribution >= 4 is 38.9 Å². The van der Waals surface area contributed by atoms with Gasteiger partial charge in [-0.15, -0.1) is 0 Å². The van der Waals surface area contributed by atoms with Gasteiger partial charge in [-0.1, -0.05) is 18.2 Å². The zero-order chi connectivity index (χ0) is 21.3. The van der Waals surface area contributed by atoms with E-state index in [1.807, 2.05) is 6.07 Å². The van der Waals surface area contributed by atoms with Gasteiger partial charge < -0.3 is 11.1 Å². The first-order valence-corrected chi connectivity index (χ1v) is 10.3. The van der Waals surface area contributed by atoms with E-state index >= 15 is 0 Å². The third-order valence-electron chi connectivity index (χ3n) is 4.44. The van der Waals surface area contributed by atoms with Crippen LogP contribution in [0.3, 0.4) is 0 Å². The fraction of sp³-hybridized carbons (Fsp3) is 0.105. The Hall–Kier alpha value is -4.04. The first-order chi connectivity index (χ1) is 14.4. The van der Waals surface area contributed by atoms with Crippen LogP contribution in [0.2, 0.25) is 0 Å². The van der Waals surface area contributed by atoms with Crippen LogP contribution >= 0.6 is 0 Å². The highest BCUT2D eigenvalue weighted by Gasteiger charge is 2.38. The normalized spacial score (nSPS) is 15.5. The molecule has 0 spiro atoms. The molecule has 0 aliphatic carbocycles. The maximum atomic E-state index is 13.4. The minimum absolute atomic E-state index is 0.00815. The lowest BCUT2D eigenvalue weighted by molar-refractivity contribution is 0.595. The minimum atomic E-state index is -3.97. The van der Waals surface area contributed by atoms with Crippen LogP contribution < -0.4 is 15.4 Å². The molecule has 3 N–H and O–H groups in total. The van der Waals surface area contributed by atoms with Gasteiger partial charge >= 0.3 is 0 Å². The molecule has 0 radical (unpaired) electrons. The molecule has 4 rings (SSSR count). The molecule has 1 aliphatic heterocycles. The molecule has 0 amide bonds. The molecule has 11 heteroatoms. The molecule has 3 aromatic rings. The molecule has 0 saturated heterocycles. The fourth-order valence-electron chi connectivity index (χ4n) is 3.05. The first-order valence-electron chi connectivity index (χ1n) is 8.83.